The van der Waals surface area contributed by atoms with E-state index in [9.17, 15) is 0 Å². The molecule has 0 N–H and O–H groups in total. The highest BCUT2D eigenvalue weighted by Crippen LogP contribution is 2.23. The first-order valence-electron chi connectivity index (χ1n) is 4.83. The summed E-state index contributed by atoms with van der Waals surface area (Å²) in [6.45, 7) is 3.72. The molecule has 0 aliphatic carbocycles. The van der Waals surface area contributed by atoms with Crippen LogP contribution in [0.25, 0.3) is 10.8 Å². The lowest BCUT2D eigenvalue weighted by Gasteiger charge is -2.14. The highest BCUT2D eigenvalue weighted by molar-refractivity contribution is 5.81. The maximum Gasteiger partial charge on any atom is 0.0974 e. The van der Waals surface area contributed by atoms with Crippen molar-refractivity contribution >= 4 is 10.8 Å². The van der Waals surface area contributed by atoms with Gasteiger partial charge >= 0.3 is 0 Å². The van der Waals surface area contributed by atoms with Crippen LogP contribution in [0.1, 0.15) is 19.5 Å². The van der Waals surface area contributed by atoms with Crippen LogP contribution in [0.5, 0.6) is 0 Å². The molecule has 1 aromatic heterocycles. The fourth-order valence-corrected chi connectivity index (χ4v) is 1.40. The van der Waals surface area contributed by atoms with Gasteiger partial charge in [0.1, 0.15) is 0 Å². The molecule has 1 aromatic carbocycles. The Hall–Kier alpha value is -1.88. The van der Waals surface area contributed by atoms with Gasteiger partial charge in [0, 0.05) is 5.39 Å². The lowest BCUT2D eigenvalue weighted by Crippen LogP contribution is -2.15. The van der Waals surface area contributed by atoms with Crippen molar-refractivity contribution in [1.82, 2.24) is 4.98 Å². The first-order valence-corrected chi connectivity index (χ1v) is 4.83. The summed E-state index contributed by atoms with van der Waals surface area (Å²) in [5.74, 6) is 0. The lowest BCUT2D eigenvalue weighted by molar-refractivity contribution is 0.661. The van der Waals surface area contributed by atoms with Crippen molar-refractivity contribution in [3.8, 4) is 6.07 Å². The average molecular weight is 195 g/mol. The fraction of sp³-hybridized carbons (Fsp3) is 0.231. The molecule has 0 aliphatic rings. The van der Waals surface area contributed by atoms with Gasteiger partial charge in [0.2, 0.25) is 0 Å². The SMILES string of the molecule is CC(C)(C#N)c1cc2ccccc2[c]n1. The minimum atomic E-state index is -0.555. The standard InChI is InChI=1S/C13H11N2/c1-13(2,9-14)12-7-10-5-3-4-6-11(10)8-15-12/h3-7H,1-2H3. The Labute approximate surface area is 89.2 Å². The summed E-state index contributed by atoms with van der Waals surface area (Å²) < 4.78 is 0. The van der Waals surface area contributed by atoms with Gasteiger partial charge in [-0.2, -0.15) is 5.26 Å². The minimum Gasteiger partial charge on any atom is -0.249 e. The molecule has 0 fully saturated rings. The van der Waals surface area contributed by atoms with E-state index in [1.807, 2.05) is 44.2 Å². The normalized spacial score (nSPS) is 11.3. The molecule has 73 valence electrons. The quantitative estimate of drug-likeness (QED) is 0.701. The summed E-state index contributed by atoms with van der Waals surface area (Å²) in [4.78, 5) is 4.20. The van der Waals surface area contributed by atoms with Gasteiger partial charge in [0.25, 0.3) is 0 Å². The van der Waals surface area contributed by atoms with Crippen LogP contribution in [0, 0.1) is 17.5 Å². The van der Waals surface area contributed by atoms with Crippen LogP contribution in [0.2, 0.25) is 0 Å². The van der Waals surface area contributed by atoms with Gasteiger partial charge in [-0.15, -0.1) is 0 Å². The first kappa shape index (κ1) is 9.67. The molecule has 0 saturated heterocycles. The Kier molecular flexibility index (Phi) is 2.17. The van der Waals surface area contributed by atoms with Crippen LogP contribution >= 0.6 is 0 Å². The number of fused-ring (bicyclic) bond motifs is 1. The Morgan fingerprint density at radius 3 is 2.80 bits per heavy atom. The molecule has 0 bridgehead atoms. The van der Waals surface area contributed by atoms with Crippen molar-refractivity contribution in [2.24, 2.45) is 0 Å². The van der Waals surface area contributed by atoms with Crippen LogP contribution in [-0.4, -0.2) is 4.98 Å². The average Bonchev–Trinajstić information content (AvgIpc) is 2.28. The van der Waals surface area contributed by atoms with E-state index in [1.165, 1.54) is 0 Å². The molecular weight excluding hydrogens is 184 g/mol. The highest BCUT2D eigenvalue weighted by Gasteiger charge is 2.21. The third-order valence-corrected chi connectivity index (χ3v) is 2.47. The molecule has 0 saturated carbocycles. The van der Waals surface area contributed by atoms with E-state index in [0.29, 0.717) is 0 Å². The molecule has 2 aromatic rings. The number of nitriles is 1. The maximum absolute atomic E-state index is 9.02. The van der Waals surface area contributed by atoms with E-state index in [0.717, 1.165) is 16.5 Å². The Morgan fingerprint density at radius 1 is 1.33 bits per heavy atom. The Bertz CT molecular complexity index is 535. The summed E-state index contributed by atoms with van der Waals surface area (Å²) in [5.41, 5.74) is 0.212. The van der Waals surface area contributed by atoms with E-state index in [-0.39, 0.29) is 0 Å². The van der Waals surface area contributed by atoms with E-state index < -0.39 is 5.41 Å². The Morgan fingerprint density at radius 2 is 2.07 bits per heavy atom. The largest absolute Gasteiger partial charge is 0.249 e. The third kappa shape index (κ3) is 1.69. The minimum absolute atomic E-state index is 0.555. The van der Waals surface area contributed by atoms with Gasteiger partial charge in [-0.25, -0.2) is 4.98 Å². The molecule has 15 heavy (non-hydrogen) atoms. The Balaban J connectivity index is 2.63. The summed E-state index contributed by atoms with van der Waals surface area (Å²) in [6, 6.07) is 12.1. The second-order valence-corrected chi connectivity index (χ2v) is 4.08. The van der Waals surface area contributed by atoms with Gasteiger partial charge < -0.3 is 0 Å². The summed E-state index contributed by atoms with van der Waals surface area (Å²) in [6.07, 6.45) is 2.96. The molecule has 2 nitrogen and oxygen atoms in total. The lowest BCUT2D eigenvalue weighted by atomic mass is 9.90. The zero-order valence-electron chi connectivity index (χ0n) is 8.78. The van der Waals surface area contributed by atoms with Crippen molar-refractivity contribution in [2.45, 2.75) is 19.3 Å². The van der Waals surface area contributed by atoms with Crippen molar-refractivity contribution in [3.63, 3.8) is 0 Å². The molecule has 1 radical (unpaired) electrons. The second kappa shape index (κ2) is 3.36. The second-order valence-electron chi connectivity index (χ2n) is 4.08. The zero-order chi connectivity index (χ0) is 10.9. The molecule has 2 rings (SSSR count). The topological polar surface area (TPSA) is 36.7 Å². The summed E-state index contributed by atoms with van der Waals surface area (Å²) in [5, 5.41) is 11.1. The molecule has 0 atom stereocenters. The van der Waals surface area contributed by atoms with Gasteiger partial charge in [-0.3, -0.25) is 0 Å². The monoisotopic (exact) mass is 195 g/mol. The number of hydrogen-bond donors (Lipinski definition) is 0. The van der Waals surface area contributed by atoms with Crippen molar-refractivity contribution in [2.75, 3.05) is 0 Å². The van der Waals surface area contributed by atoms with Crippen LogP contribution in [0.15, 0.2) is 30.3 Å². The molecule has 2 heteroatoms. The maximum atomic E-state index is 9.02. The number of benzene rings is 1. The van der Waals surface area contributed by atoms with E-state index in [2.05, 4.69) is 17.3 Å². The molecule has 0 amide bonds. The third-order valence-electron chi connectivity index (χ3n) is 2.47. The molecule has 0 spiro atoms. The number of aromatic nitrogens is 1. The van der Waals surface area contributed by atoms with E-state index >= 15 is 0 Å². The van der Waals surface area contributed by atoms with Gasteiger partial charge in [-0.05, 0) is 25.3 Å². The number of pyridine rings is 1. The molecule has 0 unspecified atom stereocenters. The molecular formula is C13H11N2. The van der Waals surface area contributed by atoms with Crippen LogP contribution in [0.3, 0.4) is 0 Å². The van der Waals surface area contributed by atoms with Gasteiger partial charge in [0.15, 0.2) is 0 Å². The van der Waals surface area contributed by atoms with Crippen molar-refractivity contribution in [3.05, 3.63) is 42.2 Å². The fourth-order valence-electron chi connectivity index (χ4n) is 1.40. The molecule has 1 heterocycles. The first-order chi connectivity index (χ1) is 7.13. The predicted molar refractivity (Wildman–Crippen MR) is 59.2 cm³/mol. The number of hydrogen-bond acceptors (Lipinski definition) is 2. The van der Waals surface area contributed by atoms with Crippen LogP contribution in [-0.2, 0) is 5.41 Å². The predicted octanol–water partition coefficient (Wildman–Crippen LogP) is 2.84. The summed E-state index contributed by atoms with van der Waals surface area (Å²) >= 11 is 0. The molecule has 0 aliphatic heterocycles. The number of rotatable bonds is 1. The van der Waals surface area contributed by atoms with Gasteiger partial charge in [0.05, 0.1) is 23.4 Å². The van der Waals surface area contributed by atoms with Crippen molar-refractivity contribution < 1.29 is 0 Å². The van der Waals surface area contributed by atoms with Crippen LogP contribution in [0.4, 0.5) is 0 Å². The summed E-state index contributed by atoms with van der Waals surface area (Å²) in [7, 11) is 0. The number of nitrogens with zero attached hydrogens (tertiary/aromatic N) is 2. The van der Waals surface area contributed by atoms with Crippen molar-refractivity contribution in [1.29, 1.82) is 5.26 Å². The van der Waals surface area contributed by atoms with Gasteiger partial charge in [-0.1, -0.05) is 24.3 Å². The zero-order valence-corrected chi connectivity index (χ0v) is 8.78. The van der Waals surface area contributed by atoms with E-state index in [4.69, 9.17) is 5.26 Å². The van der Waals surface area contributed by atoms with Crippen LogP contribution < -0.4 is 0 Å². The smallest absolute Gasteiger partial charge is 0.0974 e. The van der Waals surface area contributed by atoms with E-state index in [1.54, 1.807) is 0 Å². The highest BCUT2D eigenvalue weighted by atomic mass is 14.7.